The van der Waals surface area contributed by atoms with Gasteiger partial charge in [-0.1, -0.05) is 70.9 Å². The van der Waals surface area contributed by atoms with Gasteiger partial charge in [0.2, 0.25) is 0 Å². The van der Waals surface area contributed by atoms with Crippen molar-refractivity contribution >= 4 is 5.97 Å². The van der Waals surface area contributed by atoms with E-state index >= 15 is 0 Å². The minimum absolute atomic E-state index is 0.115. The first-order valence-corrected chi connectivity index (χ1v) is 10.6. The molecule has 0 aromatic heterocycles. The molecular weight excluding hydrogens is 327 g/mol. The van der Waals surface area contributed by atoms with Crippen molar-refractivity contribution in [2.45, 2.75) is 84.5 Å². The fourth-order valence-electron chi connectivity index (χ4n) is 4.78. The molecule has 2 nitrogen and oxygen atoms in total. The number of halogens is 1. The average Bonchev–Trinajstić information content (AvgIpc) is 2.64. The summed E-state index contributed by atoms with van der Waals surface area (Å²) in [6, 6.07) is 3.89. The molecule has 1 aliphatic heterocycles. The Morgan fingerprint density at radius 1 is 1.00 bits per heavy atom. The Balaban J connectivity index is 1.59. The van der Waals surface area contributed by atoms with Crippen LogP contribution in [-0.2, 0) is 17.6 Å². The van der Waals surface area contributed by atoms with E-state index in [2.05, 4.69) is 13.8 Å². The highest BCUT2D eigenvalue weighted by atomic mass is 19.1. The van der Waals surface area contributed by atoms with Crippen molar-refractivity contribution in [3.8, 4) is 5.75 Å². The summed E-state index contributed by atoms with van der Waals surface area (Å²) in [6.07, 6.45) is 12.0. The van der Waals surface area contributed by atoms with Crippen LogP contribution < -0.4 is 4.74 Å². The number of esters is 1. The number of aryl methyl sites for hydroxylation is 1. The zero-order valence-electron chi connectivity index (χ0n) is 16.4. The topological polar surface area (TPSA) is 26.3 Å². The SMILES string of the molecule is CCCC1CCC(CCc2ccc3c(c2F)OC(=O)C(CCC)C3)CC1. The molecule has 1 aromatic rings. The number of hydrogen-bond donors (Lipinski definition) is 0. The fraction of sp³-hybridized carbons (Fsp3) is 0.696. The minimum Gasteiger partial charge on any atom is -0.423 e. The van der Waals surface area contributed by atoms with Gasteiger partial charge in [0.25, 0.3) is 0 Å². The first-order chi connectivity index (χ1) is 12.6. The summed E-state index contributed by atoms with van der Waals surface area (Å²) >= 11 is 0. The summed E-state index contributed by atoms with van der Waals surface area (Å²) < 4.78 is 20.3. The lowest BCUT2D eigenvalue weighted by atomic mass is 9.78. The largest absolute Gasteiger partial charge is 0.423 e. The van der Waals surface area contributed by atoms with Gasteiger partial charge < -0.3 is 4.74 Å². The molecular formula is C23H33FO2. The monoisotopic (exact) mass is 360 g/mol. The molecule has 2 aliphatic rings. The Morgan fingerprint density at radius 3 is 2.31 bits per heavy atom. The summed E-state index contributed by atoms with van der Waals surface area (Å²) in [5, 5.41) is 0. The van der Waals surface area contributed by atoms with Crippen molar-refractivity contribution in [1.29, 1.82) is 0 Å². The maximum absolute atomic E-state index is 14.9. The standard InChI is InChI=1S/C23H33FO2/c1-3-5-16-7-9-17(10-8-16)11-12-18-13-14-19-15-20(6-4-2)23(25)26-22(19)21(18)24/h13-14,16-17,20H,3-12,15H2,1-2H3. The molecule has 26 heavy (non-hydrogen) atoms. The van der Waals surface area contributed by atoms with Crippen molar-refractivity contribution < 1.29 is 13.9 Å². The molecule has 1 heterocycles. The van der Waals surface area contributed by atoms with E-state index in [1.165, 1.54) is 38.5 Å². The number of ether oxygens (including phenoxy) is 1. The second kappa shape index (κ2) is 9.01. The van der Waals surface area contributed by atoms with E-state index in [4.69, 9.17) is 4.74 Å². The molecule has 0 N–H and O–H groups in total. The van der Waals surface area contributed by atoms with Gasteiger partial charge in [-0.25, -0.2) is 4.39 Å². The van der Waals surface area contributed by atoms with Crippen LogP contribution >= 0.6 is 0 Å². The Hall–Kier alpha value is -1.38. The molecule has 1 aromatic carbocycles. The van der Waals surface area contributed by atoms with Crippen molar-refractivity contribution in [3.63, 3.8) is 0 Å². The van der Waals surface area contributed by atoms with E-state index in [0.29, 0.717) is 12.0 Å². The molecule has 1 aliphatic carbocycles. The average molecular weight is 361 g/mol. The van der Waals surface area contributed by atoms with E-state index in [9.17, 15) is 9.18 Å². The maximum Gasteiger partial charge on any atom is 0.314 e. The summed E-state index contributed by atoms with van der Waals surface area (Å²) in [5.74, 6) is 1.15. The van der Waals surface area contributed by atoms with Crippen LogP contribution in [0.4, 0.5) is 4.39 Å². The Bertz CT molecular complexity index is 617. The lowest BCUT2D eigenvalue weighted by Crippen LogP contribution is -2.28. The molecule has 3 heteroatoms. The second-order valence-electron chi connectivity index (χ2n) is 8.35. The number of carbonyl (C=O) groups is 1. The maximum atomic E-state index is 14.9. The number of benzene rings is 1. The second-order valence-corrected chi connectivity index (χ2v) is 8.35. The Morgan fingerprint density at radius 2 is 1.65 bits per heavy atom. The molecule has 1 fully saturated rings. The first-order valence-electron chi connectivity index (χ1n) is 10.6. The lowest BCUT2D eigenvalue weighted by Gasteiger charge is -2.28. The molecule has 0 saturated heterocycles. The number of rotatable bonds is 7. The van der Waals surface area contributed by atoms with Gasteiger partial charge in [-0.15, -0.1) is 0 Å². The summed E-state index contributed by atoms with van der Waals surface area (Å²) in [7, 11) is 0. The minimum atomic E-state index is -0.300. The van der Waals surface area contributed by atoms with Gasteiger partial charge in [-0.2, -0.15) is 0 Å². The highest BCUT2D eigenvalue weighted by molar-refractivity contribution is 5.78. The van der Waals surface area contributed by atoms with Crippen LogP contribution in [0.2, 0.25) is 0 Å². The fourth-order valence-corrected chi connectivity index (χ4v) is 4.78. The molecule has 1 saturated carbocycles. The van der Waals surface area contributed by atoms with E-state index in [0.717, 1.165) is 43.1 Å². The summed E-state index contributed by atoms with van der Waals surface area (Å²) in [4.78, 5) is 12.1. The van der Waals surface area contributed by atoms with Gasteiger partial charge >= 0.3 is 5.97 Å². The normalized spacial score (nSPS) is 25.7. The van der Waals surface area contributed by atoms with Crippen LogP contribution in [-0.4, -0.2) is 5.97 Å². The zero-order valence-corrected chi connectivity index (χ0v) is 16.4. The van der Waals surface area contributed by atoms with Crippen LogP contribution in [0, 0.1) is 23.6 Å². The van der Waals surface area contributed by atoms with Gasteiger partial charge in [0.15, 0.2) is 11.6 Å². The van der Waals surface area contributed by atoms with Crippen molar-refractivity contribution in [1.82, 2.24) is 0 Å². The van der Waals surface area contributed by atoms with Crippen LogP contribution in [0.25, 0.3) is 0 Å². The van der Waals surface area contributed by atoms with Crippen molar-refractivity contribution in [3.05, 3.63) is 29.1 Å². The van der Waals surface area contributed by atoms with Crippen LogP contribution in [0.1, 0.15) is 82.8 Å². The third-order valence-electron chi connectivity index (χ3n) is 6.38. The smallest absolute Gasteiger partial charge is 0.314 e. The third kappa shape index (κ3) is 4.47. The van der Waals surface area contributed by atoms with Crippen LogP contribution in [0.5, 0.6) is 5.75 Å². The third-order valence-corrected chi connectivity index (χ3v) is 6.38. The quantitative estimate of drug-likeness (QED) is 0.425. The van der Waals surface area contributed by atoms with Crippen molar-refractivity contribution in [2.24, 2.45) is 17.8 Å². The number of hydrogen-bond acceptors (Lipinski definition) is 2. The van der Waals surface area contributed by atoms with Crippen LogP contribution in [0.3, 0.4) is 0 Å². The predicted octanol–water partition coefficient (Wildman–Crippen LogP) is 6.24. The van der Waals surface area contributed by atoms with Gasteiger partial charge in [0.1, 0.15) is 0 Å². The van der Waals surface area contributed by atoms with Gasteiger partial charge in [-0.05, 0) is 48.6 Å². The number of carbonyl (C=O) groups excluding carboxylic acids is 1. The van der Waals surface area contributed by atoms with Gasteiger partial charge in [0.05, 0.1) is 5.92 Å². The molecule has 144 valence electrons. The highest BCUT2D eigenvalue weighted by Gasteiger charge is 2.30. The van der Waals surface area contributed by atoms with Crippen molar-refractivity contribution in [2.75, 3.05) is 0 Å². The molecule has 0 radical (unpaired) electrons. The highest BCUT2D eigenvalue weighted by Crippen LogP contribution is 2.37. The molecule has 1 atom stereocenters. The van der Waals surface area contributed by atoms with E-state index < -0.39 is 0 Å². The summed E-state index contributed by atoms with van der Waals surface area (Å²) in [5.41, 5.74) is 1.56. The Labute approximate surface area is 157 Å². The Kier molecular flexibility index (Phi) is 6.72. The molecule has 3 rings (SSSR count). The van der Waals surface area contributed by atoms with E-state index in [1.807, 2.05) is 12.1 Å². The van der Waals surface area contributed by atoms with E-state index in [1.54, 1.807) is 0 Å². The predicted molar refractivity (Wildman–Crippen MR) is 103 cm³/mol. The number of fused-ring (bicyclic) bond motifs is 1. The molecule has 0 bridgehead atoms. The molecule has 1 unspecified atom stereocenters. The van der Waals surface area contributed by atoms with E-state index in [-0.39, 0.29) is 23.5 Å². The lowest BCUT2D eigenvalue weighted by molar-refractivity contribution is -0.140. The summed E-state index contributed by atoms with van der Waals surface area (Å²) in [6.45, 7) is 4.32. The zero-order chi connectivity index (χ0) is 18.5. The first kappa shape index (κ1) is 19.4. The van der Waals surface area contributed by atoms with Crippen LogP contribution in [0.15, 0.2) is 12.1 Å². The molecule has 0 amide bonds. The van der Waals surface area contributed by atoms with Gasteiger partial charge in [0, 0.05) is 0 Å². The molecule has 0 spiro atoms. The van der Waals surface area contributed by atoms with Gasteiger partial charge in [-0.3, -0.25) is 4.79 Å².